The number of aryl methyl sites for hydroxylation is 2. The van der Waals surface area contributed by atoms with E-state index < -0.39 is 0 Å². The monoisotopic (exact) mass is 426 g/mol. The molecule has 0 N–H and O–H groups in total. The van der Waals surface area contributed by atoms with Gasteiger partial charge in [-0.2, -0.15) is 0 Å². The van der Waals surface area contributed by atoms with E-state index in [9.17, 15) is 0 Å². The minimum absolute atomic E-state index is 0.444. The van der Waals surface area contributed by atoms with E-state index in [1.165, 1.54) is 11.1 Å². The summed E-state index contributed by atoms with van der Waals surface area (Å²) in [6, 6.07) is 31.1. The second-order valence-electron chi connectivity index (χ2n) is 7.47. The molecule has 4 heteroatoms. The third-order valence-electron chi connectivity index (χ3n) is 4.78. The van der Waals surface area contributed by atoms with Crippen LogP contribution in [0.2, 0.25) is 0 Å². The average Bonchev–Trinajstić information content (AvgIpc) is 2.82. The van der Waals surface area contributed by atoms with Crippen molar-refractivity contribution in [1.82, 2.24) is 0 Å². The van der Waals surface area contributed by atoms with Crippen molar-refractivity contribution in [2.45, 2.75) is 13.8 Å². The first-order chi connectivity index (χ1) is 15.6. The van der Waals surface area contributed by atoms with E-state index in [4.69, 9.17) is 18.9 Å². The van der Waals surface area contributed by atoms with Gasteiger partial charge in [0.05, 0.1) is 0 Å². The normalized spacial score (nSPS) is 10.4. The van der Waals surface area contributed by atoms with Gasteiger partial charge in [-0.3, -0.25) is 0 Å². The summed E-state index contributed by atoms with van der Waals surface area (Å²) in [5.41, 5.74) is 2.41. The van der Waals surface area contributed by atoms with Gasteiger partial charge in [0.1, 0.15) is 47.7 Å². The van der Waals surface area contributed by atoms with E-state index in [2.05, 4.69) is 13.8 Å². The van der Waals surface area contributed by atoms with Crippen LogP contribution in [0.4, 0.5) is 0 Å². The summed E-state index contributed by atoms with van der Waals surface area (Å²) in [7, 11) is 0. The van der Waals surface area contributed by atoms with Crippen molar-refractivity contribution in [2.75, 3.05) is 13.2 Å². The molecule has 0 atom stereocenters. The quantitative estimate of drug-likeness (QED) is 0.262. The van der Waals surface area contributed by atoms with Crippen molar-refractivity contribution in [2.24, 2.45) is 0 Å². The minimum Gasteiger partial charge on any atom is -0.490 e. The molecular weight excluding hydrogens is 400 g/mol. The maximum absolute atomic E-state index is 5.83. The van der Waals surface area contributed by atoms with E-state index in [0.29, 0.717) is 13.2 Å². The second-order valence-corrected chi connectivity index (χ2v) is 7.47. The summed E-state index contributed by atoms with van der Waals surface area (Å²) in [6.45, 7) is 4.99. The number of hydrogen-bond acceptors (Lipinski definition) is 4. The first-order valence-electron chi connectivity index (χ1n) is 10.6. The van der Waals surface area contributed by atoms with E-state index in [1.807, 2.05) is 97.1 Å². The van der Waals surface area contributed by atoms with Crippen molar-refractivity contribution < 1.29 is 18.9 Å². The molecule has 0 fully saturated rings. The lowest BCUT2D eigenvalue weighted by Gasteiger charge is -2.10. The lowest BCUT2D eigenvalue weighted by molar-refractivity contribution is 0.217. The van der Waals surface area contributed by atoms with Gasteiger partial charge < -0.3 is 18.9 Å². The molecule has 0 radical (unpaired) electrons. The predicted molar refractivity (Wildman–Crippen MR) is 126 cm³/mol. The van der Waals surface area contributed by atoms with Crippen LogP contribution in [0.15, 0.2) is 97.1 Å². The van der Waals surface area contributed by atoms with Gasteiger partial charge >= 0.3 is 0 Å². The van der Waals surface area contributed by atoms with E-state index in [1.54, 1.807) is 0 Å². The number of hydrogen-bond donors (Lipinski definition) is 0. The zero-order chi connectivity index (χ0) is 22.2. The van der Waals surface area contributed by atoms with Crippen LogP contribution in [0.1, 0.15) is 11.1 Å². The van der Waals surface area contributed by atoms with Gasteiger partial charge in [0.2, 0.25) is 0 Å². The van der Waals surface area contributed by atoms with E-state index in [-0.39, 0.29) is 0 Å². The third-order valence-corrected chi connectivity index (χ3v) is 4.78. The van der Waals surface area contributed by atoms with Gasteiger partial charge in [0.25, 0.3) is 0 Å². The smallest absolute Gasteiger partial charge is 0.127 e. The van der Waals surface area contributed by atoms with Crippen molar-refractivity contribution in [3.8, 4) is 34.5 Å². The van der Waals surface area contributed by atoms with Crippen molar-refractivity contribution in [1.29, 1.82) is 0 Å². The Balaban J connectivity index is 1.19. The van der Waals surface area contributed by atoms with Crippen LogP contribution in [-0.4, -0.2) is 13.2 Å². The van der Waals surface area contributed by atoms with Crippen molar-refractivity contribution in [3.05, 3.63) is 108 Å². The van der Waals surface area contributed by atoms with E-state index in [0.717, 1.165) is 34.5 Å². The molecule has 162 valence electrons. The van der Waals surface area contributed by atoms with E-state index >= 15 is 0 Å². The van der Waals surface area contributed by atoms with Crippen molar-refractivity contribution >= 4 is 0 Å². The largest absolute Gasteiger partial charge is 0.490 e. The summed E-state index contributed by atoms with van der Waals surface area (Å²) in [6.07, 6.45) is 0. The van der Waals surface area contributed by atoms with Gasteiger partial charge in [-0.1, -0.05) is 35.4 Å². The first kappa shape index (κ1) is 21.3. The van der Waals surface area contributed by atoms with Crippen molar-refractivity contribution in [3.63, 3.8) is 0 Å². The molecule has 4 rings (SSSR count). The standard InChI is InChI=1S/C28H26O4/c1-21-3-7-25(8-4-21)31-27-15-11-23(12-16-27)29-19-20-30-24-13-17-28(18-14-24)32-26-9-5-22(2)6-10-26/h3-18H,19-20H2,1-2H3. The third kappa shape index (κ3) is 6.29. The molecule has 4 aromatic rings. The Labute approximate surface area is 189 Å². The first-order valence-corrected chi connectivity index (χ1v) is 10.6. The van der Waals surface area contributed by atoms with Crippen LogP contribution in [0.3, 0.4) is 0 Å². The zero-order valence-electron chi connectivity index (χ0n) is 18.3. The number of benzene rings is 4. The molecule has 4 nitrogen and oxygen atoms in total. The van der Waals surface area contributed by atoms with Crippen LogP contribution in [-0.2, 0) is 0 Å². The van der Waals surface area contributed by atoms with Crippen LogP contribution in [0.5, 0.6) is 34.5 Å². The average molecular weight is 427 g/mol. The maximum Gasteiger partial charge on any atom is 0.127 e. The predicted octanol–water partition coefficient (Wildman–Crippen LogP) is 7.35. The Morgan fingerprint density at radius 3 is 0.938 bits per heavy atom. The Morgan fingerprint density at radius 1 is 0.375 bits per heavy atom. The Morgan fingerprint density at radius 2 is 0.625 bits per heavy atom. The highest BCUT2D eigenvalue weighted by atomic mass is 16.5. The SMILES string of the molecule is Cc1ccc(Oc2ccc(OCCOc3ccc(Oc4ccc(C)cc4)cc3)cc2)cc1. The molecule has 4 aromatic carbocycles. The van der Waals surface area contributed by atoms with Crippen LogP contribution in [0, 0.1) is 13.8 Å². The van der Waals surface area contributed by atoms with Crippen LogP contribution >= 0.6 is 0 Å². The molecule has 0 saturated heterocycles. The molecule has 0 heterocycles. The topological polar surface area (TPSA) is 36.9 Å². The lowest BCUT2D eigenvalue weighted by Crippen LogP contribution is -2.08. The number of rotatable bonds is 9. The minimum atomic E-state index is 0.444. The van der Waals surface area contributed by atoms with Crippen LogP contribution in [0.25, 0.3) is 0 Å². The molecule has 0 amide bonds. The van der Waals surface area contributed by atoms with Gasteiger partial charge in [-0.25, -0.2) is 0 Å². The molecule has 0 unspecified atom stereocenters. The highest BCUT2D eigenvalue weighted by molar-refractivity contribution is 5.37. The molecule has 0 saturated carbocycles. The van der Waals surface area contributed by atoms with Crippen LogP contribution < -0.4 is 18.9 Å². The Kier molecular flexibility index (Phi) is 6.93. The summed E-state index contributed by atoms with van der Waals surface area (Å²) in [5.74, 6) is 4.70. The summed E-state index contributed by atoms with van der Waals surface area (Å²) >= 11 is 0. The molecule has 0 aliphatic carbocycles. The molecule has 0 aromatic heterocycles. The highest BCUT2D eigenvalue weighted by Crippen LogP contribution is 2.25. The maximum atomic E-state index is 5.83. The fourth-order valence-electron chi connectivity index (χ4n) is 3.01. The lowest BCUT2D eigenvalue weighted by atomic mass is 10.2. The summed E-state index contributed by atoms with van der Waals surface area (Å²) < 4.78 is 23.2. The molecule has 32 heavy (non-hydrogen) atoms. The molecule has 0 bridgehead atoms. The highest BCUT2D eigenvalue weighted by Gasteiger charge is 2.01. The fraction of sp³-hybridized carbons (Fsp3) is 0.143. The Bertz CT molecular complexity index is 1010. The zero-order valence-corrected chi connectivity index (χ0v) is 18.3. The molecule has 0 spiro atoms. The van der Waals surface area contributed by atoms with Gasteiger partial charge in [-0.05, 0) is 86.6 Å². The van der Waals surface area contributed by atoms with Gasteiger partial charge in [0.15, 0.2) is 0 Å². The fourth-order valence-corrected chi connectivity index (χ4v) is 3.01. The molecule has 0 aliphatic rings. The summed E-state index contributed by atoms with van der Waals surface area (Å²) in [4.78, 5) is 0. The second kappa shape index (κ2) is 10.4. The molecule has 0 aliphatic heterocycles. The summed E-state index contributed by atoms with van der Waals surface area (Å²) in [5, 5.41) is 0. The number of ether oxygens (including phenoxy) is 4. The molecular formula is C28H26O4. The van der Waals surface area contributed by atoms with Gasteiger partial charge in [-0.15, -0.1) is 0 Å². The Hall–Kier alpha value is -3.92. The van der Waals surface area contributed by atoms with Gasteiger partial charge in [0, 0.05) is 0 Å².